The van der Waals surface area contributed by atoms with Crippen LogP contribution in [-0.4, -0.2) is 29.5 Å². The van der Waals surface area contributed by atoms with E-state index in [4.69, 9.17) is 9.47 Å². The largest absolute Gasteiger partial charge is 0.478 e. The van der Waals surface area contributed by atoms with Crippen LogP contribution < -0.4 is 0 Å². The third kappa shape index (κ3) is 3.25. The first-order chi connectivity index (χ1) is 8.24. The lowest BCUT2D eigenvalue weighted by molar-refractivity contribution is -0.141. The average molecular weight is 255 g/mol. The van der Waals surface area contributed by atoms with Crippen LogP contribution in [0.25, 0.3) is 0 Å². The van der Waals surface area contributed by atoms with Crippen LogP contribution in [-0.2, 0) is 14.3 Å². The second-order valence-electron chi connectivity index (χ2n) is 3.95. The maximum absolute atomic E-state index is 11.7. The number of carbonyl (C=O) groups excluding carboxylic acids is 1. The van der Waals surface area contributed by atoms with Gasteiger partial charge in [0, 0.05) is 12.0 Å². The summed E-state index contributed by atoms with van der Waals surface area (Å²) in [7, 11) is 0. The highest BCUT2D eigenvalue weighted by molar-refractivity contribution is 8.15. The fourth-order valence-corrected chi connectivity index (χ4v) is 2.73. The third-order valence-corrected chi connectivity index (χ3v) is 3.75. The molecule has 1 aliphatic carbocycles. The lowest BCUT2D eigenvalue weighted by Gasteiger charge is -2.18. The van der Waals surface area contributed by atoms with Crippen molar-refractivity contribution < 1.29 is 14.3 Å². The number of ether oxygens (including phenoxy) is 2. The predicted octanol–water partition coefficient (Wildman–Crippen LogP) is 2.35. The van der Waals surface area contributed by atoms with E-state index in [0.717, 1.165) is 5.04 Å². The molecule has 0 radical (unpaired) electrons. The van der Waals surface area contributed by atoms with E-state index >= 15 is 0 Å². The van der Waals surface area contributed by atoms with E-state index in [1.165, 1.54) is 24.6 Å². The quantitative estimate of drug-likeness (QED) is 0.707. The smallest absolute Gasteiger partial charge is 0.323 e. The first-order valence-corrected chi connectivity index (χ1v) is 6.89. The van der Waals surface area contributed by atoms with Crippen LogP contribution in [0, 0.1) is 5.92 Å². The number of nitrogens with zero attached hydrogens (tertiary/aromatic N) is 1. The molecule has 1 atom stereocenters. The summed E-state index contributed by atoms with van der Waals surface area (Å²) < 4.78 is 10.4. The molecule has 1 aliphatic heterocycles. The van der Waals surface area contributed by atoms with Gasteiger partial charge in [-0.3, -0.25) is 4.79 Å². The molecule has 1 fully saturated rings. The van der Waals surface area contributed by atoms with Crippen LogP contribution in [0.4, 0.5) is 0 Å². The summed E-state index contributed by atoms with van der Waals surface area (Å²) >= 11 is 1.50. The van der Waals surface area contributed by atoms with E-state index in [1.807, 2.05) is 13.8 Å². The van der Waals surface area contributed by atoms with Gasteiger partial charge in [0.2, 0.25) is 5.88 Å². The van der Waals surface area contributed by atoms with E-state index in [9.17, 15) is 4.79 Å². The van der Waals surface area contributed by atoms with E-state index in [2.05, 4.69) is 4.99 Å². The van der Waals surface area contributed by atoms with Gasteiger partial charge in [0.15, 0.2) is 0 Å². The second-order valence-corrected chi connectivity index (χ2v) is 5.11. The van der Waals surface area contributed by atoms with Crippen molar-refractivity contribution >= 4 is 22.8 Å². The SMILES string of the molecule is CCOC(=O)C1C=C(OCC)N=C(C2CC2)S1. The monoisotopic (exact) mass is 255 g/mol. The zero-order chi connectivity index (χ0) is 12.3. The first-order valence-electron chi connectivity index (χ1n) is 6.01. The molecular formula is C12H17NO3S. The van der Waals surface area contributed by atoms with Crippen molar-refractivity contribution in [2.45, 2.75) is 31.9 Å². The predicted molar refractivity (Wildman–Crippen MR) is 67.9 cm³/mol. The highest BCUT2D eigenvalue weighted by Gasteiger charge is 2.34. The molecule has 0 aromatic rings. The number of carbonyl (C=O) groups is 1. The molecule has 2 rings (SSSR count). The molecule has 0 bridgehead atoms. The van der Waals surface area contributed by atoms with Crippen molar-refractivity contribution in [1.29, 1.82) is 0 Å². The fraction of sp³-hybridized carbons (Fsp3) is 0.667. The van der Waals surface area contributed by atoms with E-state index in [-0.39, 0.29) is 11.2 Å². The summed E-state index contributed by atoms with van der Waals surface area (Å²) in [4.78, 5) is 16.2. The average Bonchev–Trinajstić information content (AvgIpc) is 3.13. The Hall–Kier alpha value is -0.970. The van der Waals surface area contributed by atoms with Crippen molar-refractivity contribution in [1.82, 2.24) is 0 Å². The van der Waals surface area contributed by atoms with Crippen molar-refractivity contribution in [3.05, 3.63) is 12.0 Å². The molecule has 0 aromatic carbocycles. The molecule has 0 amide bonds. The molecular weight excluding hydrogens is 238 g/mol. The number of aliphatic imine (C=N–C) groups is 1. The molecule has 4 nitrogen and oxygen atoms in total. The van der Waals surface area contributed by atoms with Crippen molar-refractivity contribution in [2.24, 2.45) is 10.9 Å². The molecule has 0 aromatic heterocycles. The minimum absolute atomic E-state index is 0.206. The maximum Gasteiger partial charge on any atom is 0.323 e. The summed E-state index contributed by atoms with van der Waals surface area (Å²) in [5.41, 5.74) is 0. The maximum atomic E-state index is 11.7. The molecule has 1 unspecified atom stereocenters. The van der Waals surface area contributed by atoms with Crippen molar-refractivity contribution in [2.75, 3.05) is 13.2 Å². The van der Waals surface area contributed by atoms with Gasteiger partial charge in [-0.25, -0.2) is 4.99 Å². The van der Waals surface area contributed by atoms with Gasteiger partial charge < -0.3 is 9.47 Å². The Morgan fingerprint density at radius 1 is 1.47 bits per heavy atom. The number of rotatable bonds is 5. The Morgan fingerprint density at radius 3 is 2.82 bits per heavy atom. The topological polar surface area (TPSA) is 47.9 Å². The molecule has 2 aliphatic rings. The minimum Gasteiger partial charge on any atom is -0.478 e. The van der Waals surface area contributed by atoms with Gasteiger partial charge in [0.25, 0.3) is 0 Å². The molecule has 1 heterocycles. The van der Waals surface area contributed by atoms with Gasteiger partial charge in [-0.1, -0.05) is 11.8 Å². The van der Waals surface area contributed by atoms with Crippen LogP contribution in [0.15, 0.2) is 17.0 Å². The molecule has 0 N–H and O–H groups in total. The number of hydrogen-bond donors (Lipinski definition) is 0. The zero-order valence-electron chi connectivity index (χ0n) is 10.1. The van der Waals surface area contributed by atoms with Crippen LogP contribution in [0.1, 0.15) is 26.7 Å². The normalized spacial score (nSPS) is 23.8. The summed E-state index contributed by atoms with van der Waals surface area (Å²) in [6.07, 6.45) is 4.08. The molecule has 0 spiro atoms. The molecule has 17 heavy (non-hydrogen) atoms. The third-order valence-electron chi connectivity index (χ3n) is 2.50. The number of hydrogen-bond acceptors (Lipinski definition) is 5. The highest BCUT2D eigenvalue weighted by atomic mass is 32.2. The first kappa shape index (κ1) is 12.5. The van der Waals surface area contributed by atoms with Crippen LogP contribution in [0.5, 0.6) is 0 Å². The molecule has 1 saturated carbocycles. The summed E-state index contributed by atoms with van der Waals surface area (Å²) in [5.74, 6) is 0.884. The van der Waals surface area contributed by atoms with Gasteiger partial charge in [-0.15, -0.1) is 0 Å². The second kappa shape index (κ2) is 5.58. The fourth-order valence-electron chi connectivity index (χ4n) is 1.55. The van der Waals surface area contributed by atoms with Gasteiger partial charge in [-0.05, 0) is 26.7 Å². The Labute approximate surface area is 105 Å². The van der Waals surface area contributed by atoms with Crippen LogP contribution >= 0.6 is 11.8 Å². The molecule has 0 saturated heterocycles. The minimum atomic E-state index is -0.301. The lowest BCUT2D eigenvalue weighted by Crippen LogP contribution is -2.23. The molecule has 5 heteroatoms. The van der Waals surface area contributed by atoms with Gasteiger partial charge >= 0.3 is 5.97 Å². The Morgan fingerprint density at radius 2 is 2.24 bits per heavy atom. The van der Waals surface area contributed by atoms with Gasteiger partial charge in [0.1, 0.15) is 5.25 Å². The van der Waals surface area contributed by atoms with Gasteiger partial charge in [-0.2, -0.15) is 0 Å². The van der Waals surface area contributed by atoms with Crippen molar-refractivity contribution in [3.8, 4) is 0 Å². The van der Waals surface area contributed by atoms with Crippen LogP contribution in [0.3, 0.4) is 0 Å². The van der Waals surface area contributed by atoms with E-state index in [0.29, 0.717) is 25.0 Å². The van der Waals surface area contributed by atoms with Gasteiger partial charge in [0.05, 0.1) is 18.3 Å². The summed E-state index contributed by atoms with van der Waals surface area (Å²) in [5, 5.41) is 0.721. The standard InChI is InChI=1S/C12H17NO3S/c1-3-15-10-7-9(12(14)16-4-2)17-11(13-10)8-5-6-8/h7-9H,3-6H2,1-2H3. The molecule has 94 valence electrons. The number of thioether (sulfide) groups is 1. The number of esters is 1. The van der Waals surface area contributed by atoms with Crippen LogP contribution in [0.2, 0.25) is 0 Å². The van der Waals surface area contributed by atoms with Crippen molar-refractivity contribution in [3.63, 3.8) is 0 Å². The van der Waals surface area contributed by atoms with E-state index in [1.54, 1.807) is 6.08 Å². The Bertz CT molecular complexity index is 361. The summed E-state index contributed by atoms with van der Waals surface area (Å²) in [6.45, 7) is 4.69. The highest BCUT2D eigenvalue weighted by Crippen LogP contribution is 2.39. The Balaban J connectivity index is 2.08. The zero-order valence-corrected chi connectivity index (χ0v) is 11.0. The lowest BCUT2D eigenvalue weighted by atomic mass is 10.4. The summed E-state index contributed by atoms with van der Waals surface area (Å²) in [6, 6.07) is 0. The van der Waals surface area contributed by atoms with E-state index < -0.39 is 0 Å². The Kier molecular flexibility index (Phi) is 4.10.